The minimum Gasteiger partial charge on any atom is -0.489 e. The number of ether oxygens (including phenoxy) is 3. The number of aryl methyl sites for hydroxylation is 1. The lowest BCUT2D eigenvalue weighted by Crippen LogP contribution is -2.30. The van der Waals surface area contributed by atoms with Gasteiger partial charge in [-0.05, 0) is 49.7 Å². The van der Waals surface area contributed by atoms with Gasteiger partial charge in [-0.15, -0.1) is 0 Å². The third-order valence-corrected chi connectivity index (χ3v) is 3.78. The summed E-state index contributed by atoms with van der Waals surface area (Å²) in [6, 6.07) is 10.0. The SMILES string of the molecule is COCCOc1ccc(C(F)(F)F)cc1NC(=O)C(C)Oc1cccc(C)c1. The average molecular weight is 397 g/mol. The number of amides is 1. The van der Waals surface area contributed by atoms with Crippen LogP contribution in [0.5, 0.6) is 11.5 Å². The zero-order valence-electron chi connectivity index (χ0n) is 15.8. The molecule has 0 spiro atoms. The minimum absolute atomic E-state index is 0.0874. The standard InChI is InChI=1S/C20H22F3NO4/c1-13-5-4-6-16(11-13)28-14(2)19(25)24-17-12-15(20(21,22)23)7-8-18(17)27-10-9-26-3/h4-8,11-12,14H,9-10H2,1-3H3,(H,24,25). The second-order valence-electron chi connectivity index (χ2n) is 6.12. The zero-order valence-corrected chi connectivity index (χ0v) is 15.8. The van der Waals surface area contributed by atoms with Gasteiger partial charge >= 0.3 is 6.18 Å². The molecule has 1 N–H and O–H groups in total. The summed E-state index contributed by atoms with van der Waals surface area (Å²) in [6.45, 7) is 3.77. The first-order valence-corrected chi connectivity index (χ1v) is 8.58. The lowest BCUT2D eigenvalue weighted by Gasteiger charge is -2.18. The van der Waals surface area contributed by atoms with Gasteiger partial charge in [0.2, 0.25) is 0 Å². The molecule has 0 bridgehead atoms. The summed E-state index contributed by atoms with van der Waals surface area (Å²) >= 11 is 0. The van der Waals surface area contributed by atoms with Crippen molar-refractivity contribution in [2.45, 2.75) is 26.1 Å². The highest BCUT2D eigenvalue weighted by Gasteiger charge is 2.31. The van der Waals surface area contributed by atoms with Gasteiger partial charge in [-0.1, -0.05) is 12.1 Å². The zero-order chi connectivity index (χ0) is 20.7. The first-order valence-electron chi connectivity index (χ1n) is 8.58. The van der Waals surface area contributed by atoms with Crippen molar-refractivity contribution in [2.75, 3.05) is 25.6 Å². The fraction of sp³-hybridized carbons (Fsp3) is 0.350. The van der Waals surface area contributed by atoms with Crippen LogP contribution in [0.3, 0.4) is 0 Å². The third kappa shape index (κ3) is 6.16. The summed E-state index contributed by atoms with van der Waals surface area (Å²) in [5.41, 5.74) is -0.0263. The van der Waals surface area contributed by atoms with Gasteiger partial charge < -0.3 is 19.5 Å². The Labute approximate surface area is 161 Å². The van der Waals surface area contributed by atoms with E-state index in [2.05, 4.69) is 5.32 Å². The van der Waals surface area contributed by atoms with E-state index in [-0.39, 0.29) is 24.7 Å². The summed E-state index contributed by atoms with van der Waals surface area (Å²) in [5.74, 6) is 0.00170. The normalized spacial score (nSPS) is 12.4. The molecule has 0 aliphatic heterocycles. The Morgan fingerprint density at radius 2 is 1.89 bits per heavy atom. The van der Waals surface area contributed by atoms with E-state index in [1.807, 2.05) is 13.0 Å². The van der Waals surface area contributed by atoms with Crippen LogP contribution in [0.1, 0.15) is 18.1 Å². The summed E-state index contributed by atoms with van der Waals surface area (Å²) in [6.07, 6.45) is -5.48. The van der Waals surface area contributed by atoms with E-state index in [1.54, 1.807) is 18.2 Å². The van der Waals surface area contributed by atoms with Crippen LogP contribution in [0.4, 0.5) is 18.9 Å². The number of carbonyl (C=O) groups excluding carboxylic acids is 1. The van der Waals surface area contributed by atoms with Crippen LogP contribution in [-0.2, 0) is 15.7 Å². The lowest BCUT2D eigenvalue weighted by molar-refractivity contribution is -0.137. The van der Waals surface area contributed by atoms with Crippen molar-refractivity contribution < 1.29 is 32.2 Å². The number of hydrogen-bond donors (Lipinski definition) is 1. The quantitative estimate of drug-likeness (QED) is 0.669. The molecule has 0 saturated carbocycles. The Kier molecular flexibility index (Phi) is 7.28. The predicted octanol–water partition coefficient (Wildman–Crippen LogP) is 4.45. The molecule has 0 radical (unpaired) electrons. The number of halogens is 3. The molecule has 8 heteroatoms. The molecule has 0 saturated heterocycles. The van der Waals surface area contributed by atoms with E-state index < -0.39 is 23.8 Å². The fourth-order valence-corrected chi connectivity index (χ4v) is 2.35. The Balaban J connectivity index is 2.17. The van der Waals surface area contributed by atoms with Crippen molar-refractivity contribution in [3.63, 3.8) is 0 Å². The van der Waals surface area contributed by atoms with Gasteiger partial charge in [-0.3, -0.25) is 4.79 Å². The van der Waals surface area contributed by atoms with Crippen molar-refractivity contribution in [3.05, 3.63) is 53.6 Å². The van der Waals surface area contributed by atoms with Gasteiger partial charge in [-0.25, -0.2) is 0 Å². The van der Waals surface area contributed by atoms with Gasteiger partial charge in [0.1, 0.15) is 18.1 Å². The molecule has 0 aliphatic carbocycles. The Hall–Kier alpha value is -2.74. The maximum Gasteiger partial charge on any atom is 0.416 e. The van der Waals surface area contributed by atoms with Gasteiger partial charge in [0.25, 0.3) is 5.91 Å². The number of nitrogens with one attached hydrogen (secondary N) is 1. The van der Waals surface area contributed by atoms with Crippen molar-refractivity contribution in [1.82, 2.24) is 0 Å². The number of benzene rings is 2. The van der Waals surface area contributed by atoms with Gasteiger partial charge in [0, 0.05) is 7.11 Å². The topological polar surface area (TPSA) is 56.8 Å². The molecule has 0 fully saturated rings. The summed E-state index contributed by atoms with van der Waals surface area (Å²) in [4.78, 5) is 12.4. The maximum absolute atomic E-state index is 13.0. The van der Waals surface area contributed by atoms with Gasteiger partial charge in [0.15, 0.2) is 6.10 Å². The highest BCUT2D eigenvalue weighted by molar-refractivity contribution is 5.95. The molecule has 1 amide bonds. The summed E-state index contributed by atoms with van der Waals surface area (Å²) in [7, 11) is 1.48. The third-order valence-electron chi connectivity index (χ3n) is 3.78. The Morgan fingerprint density at radius 1 is 1.14 bits per heavy atom. The molecule has 152 valence electrons. The van der Waals surface area contributed by atoms with Crippen LogP contribution in [0, 0.1) is 6.92 Å². The van der Waals surface area contributed by atoms with Crippen LogP contribution in [0.15, 0.2) is 42.5 Å². The van der Waals surface area contributed by atoms with Gasteiger partial charge in [-0.2, -0.15) is 13.2 Å². The Bertz CT molecular complexity index is 808. The second-order valence-corrected chi connectivity index (χ2v) is 6.12. The van der Waals surface area contributed by atoms with Crippen molar-refractivity contribution in [2.24, 2.45) is 0 Å². The largest absolute Gasteiger partial charge is 0.489 e. The molecule has 28 heavy (non-hydrogen) atoms. The minimum atomic E-state index is -4.55. The Morgan fingerprint density at radius 3 is 2.54 bits per heavy atom. The molecular formula is C20H22F3NO4. The molecule has 0 aromatic heterocycles. The highest BCUT2D eigenvalue weighted by atomic mass is 19.4. The fourth-order valence-electron chi connectivity index (χ4n) is 2.35. The van der Waals surface area contributed by atoms with Crippen LogP contribution < -0.4 is 14.8 Å². The molecule has 2 aromatic rings. The molecule has 0 aliphatic rings. The molecule has 2 aromatic carbocycles. The first-order chi connectivity index (χ1) is 13.2. The number of alkyl halides is 3. The lowest BCUT2D eigenvalue weighted by atomic mass is 10.1. The smallest absolute Gasteiger partial charge is 0.416 e. The maximum atomic E-state index is 13.0. The number of hydrogen-bond acceptors (Lipinski definition) is 4. The number of anilines is 1. The predicted molar refractivity (Wildman–Crippen MR) is 98.7 cm³/mol. The molecule has 0 heterocycles. The van der Waals surface area contributed by atoms with E-state index >= 15 is 0 Å². The van der Waals surface area contributed by atoms with Gasteiger partial charge in [0.05, 0.1) is 17.9 Å². The summed E-state index contributed by atoms with van der Waals surface area (Å²) in [5, 5.41) is 2.45. The van der Waals surface area contributed by atoms with E-state index in [9.17, 15) is 18.0 Å². The van der Waals surface area contributed by atoms with E-state index in [0.717, 1.165) is 17.7 Å². The van der Waals surface area contributed by atoms with Crippen molar-refractivity contribution in [1.29, 1.82) is 0 Å². The van der Waals surface area contributed by atoms with E-state index in [4.69, 9.17) is 14.2 Å². The monoisotopic (exact) mass is 397 g/mol. The molecule has 1 unspecified atom stereocenters. The van der Waals surface area contributed by atoms with Crippen LogP contribution in [-0.4, -0.2) is 32.3 Å². The number of methoxy groups -OCH3 is 1. The van der Waals surface area contributed by atoms with Crippen molar-refractivity contribution in [3.8, 4) is 11.5 Å². The second kappa shape index (κ2) is 9.45. The molecule has 5 nitrogen and oxygen atoms in total. The average Bonchev–Trinajstić information content (AvgIpc) is 2.62. The molecule has 1 atom stereocenters. The summed E-state index contributed by atoms with van der Waals surface area (Å²) < 4.78 is 54.9. The van der Waals surface area contributed by atoms with Crippen molar-refractivity contribution >= 4 is 11.6 Å². The van der Waals surface area contributed by atoms with E-state index in [1.165, 1.54) is 20.1 Å². The van der Waals surface area contributed by atoms with E-state index in [0.29, 0.717) is 5.75 Å². The van der Waals surface area contributed by atoms with Crippen LogP contribution in [0.2, 0.25) is 0 Å². The molecular weight excluding hydrogens is 375 g/mol. The van der Waals surface area contributed by atoms with Crippen LogP contribution in [0.25, 0.3) is 0 Å². The number of carbonyl (C=O) groups is 1. The number of rotatable bonds is 8. The molecule has 2 rings (SSSR count). The first kappa shape index (κ1) is 21.6. The van der Waals surface area contributed by atoms with Crippen LogP contribution >= 0.6 is 0 Å². The highest BCUT2D eigenvalue weighted by Crippen LogP contribution is 2.35.